The van der Waals surface area contributed by atoms with E-state index in [9.17, 15) is 5.11 Å². The Morgan fingerprint density at radius 2 is 2.00 bits per heavy atom. The summed E-state index contributed by atoms with van der Waals surface area (Å²) in [6.07, 6.45) is 2.16. The lowest BCUT2D eigenvalue weighted by Gasteiger charge is -2.13. The van der Waals surface area contributed by atoms with Gasteiger partial charge in [-0.25, -0.2) is 0 Å². The van der Waals surface area contributed by atoms with E-state index in [1.165, 1.54) is 5.56 Å². The van der Waals surface area contributed by atoms with E-state index in [1.54, 1.807) is 6.07 Å². The number of hydrogen-bond acceptors (Lipinski definition) is 3. The molecule has 16 heavy (non-hydrogen) atoms. The molecule has 0 aliphatic heterocycles. The van der Waals surface area contributed by atoms with E-state index < -0.39 is 0 Å². The Balaban J connectivity index is 2.81. The topological polar surface area (TPSA) is 72.3 Å². The average molecular weight is 222 g/mol. The van der Waals surface area contributed by atoms with E-state index in [2.05, 4.69) is 13.8 Å². The molecular formula is C13H22N2O. The van der Waals surface area contributed by atoms with E-state index in [4.69, 9.17) is 11.5 Å². The van der Waals surface area contributed by atoms with E-state index in [0.717, 1.165) is 18.4 Å². The fourth-order valence-corrected chi connectivity index (χ4v) is 1.64. The second-order valence-electron chi connectivity index (χ2n) is 4.67. The highest BCUT2D eigenvalue weighted by Crippen LogP contribution is 2.24. The highest BCUT2D eigenvalue weighted by Gasteiger charge is 2.10. The molecule has 0 saturated heterocycles. The first kappa shape index (κ1) is 13.0. The van der Waals surface area contributed by atoms with Crippen LogP contribution in [0.2, 0.25) is 0 Å². The van der Waals surface area contributed by atoms with Gasteiger partial charge < -0.3 is 16.6 Å². The average Bonchev–Trinajstić information content (AvgIpc) is 2.27. The van der Waals surface area contributed by atoms with Crippen molar-refractivity contribution in [2.24, 2.45) is 17.4 Å². The van der Waals surface area contributed by atoms with E-state index in [0.29, 0.717) is 12.5 Å². The van der Waals surface area contributed by atoms with Gasteiger partial charge in [-0.15, -0.1) is 0 Å². The lowest BCUT2D eigenvalue weighted by Crippen LogP contribution is -2.21. The summed E-state index contributed by atoms with van der Waals surface area (Å²) in [5, 5.41) is 9.68. The van der Waals surface area contributed by atoms with E-state index >= 15 is 0 Å². The number of phenolic OH excluding ortho intramolecular Hbond substituents is 1. The summed E-state index contributed by atoms with van der Waals surface area (Å²) in [5.41, 5.74) is 13.3. The van der Waals surface area contributed by atoms with Crippen molar-refractivity contribution in [2.75, 3.05) is 6.54 Å². The van der Waals surface area contributed by atoms with Crippen LogP contribution in [0.3, 0.4) is 0 Å². The molecule has 1 aromatic carbocycles. The van der Waals surface area contributed by atoms with Crippen LogP contribution in [0.25, 0.3) is 0 Å². The molecule has 90 valence electrons. The molecule has 1 aromatic rings. The maximum Gasteiger partial charge on any atom is 0.120 e. The second kappa shape index (κ2) is 5.87. The van der Waals surface area contributed by atoms with Crippen LogP contribution in [0.4, 0.5) is 0 Å². The third-order valence-electron chi connectivity index (χ3n) is 2.76. The zero-order valence-corrected chi connectivity index (χ0v) is 10.1. The number of phenols is 1. The van der Waals surface area contributed by atoms with Crippen molar-refractivity contribution in [3.05, 3.63) is 29.3 Å². The molecule has 1 rings (SSSR count). The maximum atomic E-state index is 9.68. The molecule has 3 heteroatoms. The van der Waals surface area contributed by atoms with Crippen LogP contribution in [0.5, 0.6) is 5.75 Å². The Morgan fingerprint density at radius 1 is 1.31 bits per heavy atom. The maximum absolute atomic E-state index is 9.68. The van der Waals surface area contributed by atoms with Crippen molar-refractivity contribution in [2.45, 2.75) is 32.7 Å². The Labute approximate surface area is 97.5 Å². The van der Waals surface area contributed by atoms with Crippen LogP contribution in [0, 0.1) is 5.92 Å². The Hall–Kier alpha value is -1.06. The normalized spacial score (nSPS) is 13.1. The van der Waals surface area contributed by atoms with Gasteiger partial charge in [0.2, 0.25) is 0 Å². The molecule has 0 heterocycles. The molecule has 0 unspecified atom stereocenters. The number of hydrogen-bond donors (Lipinski definition) is 3. The number of rotatable bonds is 5. The fraction of sp³-hybridized carbons (Fsp3) is 0.538. The monoisotopic (exact) mass is 222 g/mol. The van der Waals surface area contributed by atoms with Gasteiger partial charge in [0, 0.05) is 18.2 Å². The molecule has 5 N–H and O–H groups in total. The summed E-state index contributed by atoms with van der Waals surface area (Å²) in [4.78, 5) is 0. The zero-order valence-electron chi connectivity index (χ0n) is 10.1. The standard InChI is InChI=1S/C13H22N2O/c1-9(2)3-4-10-5-6-13(16)11(7-10)12(15)8-14/h5-7,9,12,16H,3-4,8,14-15H2,1-2H3/t12-/m0/s1. The second-order valence-corrected chi connectivity index (χ2v) is 4.67. The molecule has 0 aliphatic rings. The Bertz CT molecular complexity index is 337. The van der Waals surface area contributed by atoms with Crippen molar-refractivity contribution < 1.29 is 5.11 Å². The Morgan fingerprint density at radius 3 is 2.56 bits per heavy atom. The van der Waals surface area contributed by atoms with Crippen molar-refractivity contribution in [3.63, 3.8) is 0 Å². The first-order valence-electron chi connectivity index (χ1n) is 5.82. The number of nitrogens with two attached hydrogens (primary N) is 2. The van der Waals surface area contributed by atoms with Crippen molar-refractivity contribution in [1.82, 2.24) is 0 Å². The van der Waals surface area contributed by atoms with Crippen LogP contribution in [-0.2, 0) is 6.42 Å². The number of aromatic hydroxyl groups is 1. The van der Waals surface area contributed by atoms with Crippen molar-refractivity contribution in [1.29, 1.82) is 0 Å². The van der Waals surface area contributed by atoms with Gasteiger partial charge in [-0.1, -0.05) is 26.0 Å². The molecule has 0 radical (unpaired) electrons. The summed E-state index contributed by atoms with van der Waals surface area (Å²) < 4.78 is 0. The smallest absolute Gasteiger partial charge is 0.120 e. The van der Waals surface area contributed by atoms with Gasteiger partial charge in [0.05, 0.1) is 0 Å². The molecule has 0 saturated carbocycles. The minimum atomic E-state index is -0.279. The largest absolute Gasteiger partial charge is 0.508 e. The summed E-state index contributed by atoms with van der Waals surface area (Å²) in [6, 6.07) is 5.35. The van der Waals surface area contributed by atoms with Crippen LogP contribution in [-0.4, -0.2) is 11.7 Å². The minimum absolute atomic E-state index is 0.242. The van der Waals surface area contributed by atoms with Gasteiger partial charge in [0.1, 0.15) is 5.75 Å². The zero-order chi connectivity index (χ0) is 12.1. The van der Waals surface area contributed by atoms with Gasteiger partial charge in [-0.2, -0.15) is 0 Å². The molecular weight excluding hydrogens is 200 g/mol. The van der Waals surface area contributed by atoms with Crippen molar-refractivity contribution >= 4 is 0 Å². The quantitative estimate of drug-likeness (QED) is 0.713. The molecule has 0 spiro atoms. The summed E-state index contributed by atoms with van der Waals surface area (Å²) in [6.45, 7) is 4.75. The highest BCUT2D eigenvalue weighted by molar-refractivity contribution is 5.38. The lowest BCUT2D eigenvalue weighted by molar-refractivity contribution is 0.461. The lowest BCUT2D eigenvalue weighted by atomic mass is 9.98. The van der Waals surface area contributed by atoms with Gasteiger partial charge in [-0.3, -0.25) is 0 Å². The van der Waals surface area contributed by atoms with Crippen LogP contribution in [0.1, 0.15) is 37.4 Å². The highest BCUT2D eigenvalue weighted by atomic mass is 16.3. The predicted octanol–water partition coefficient (Wildman–Crippen LogP) is 1.94. The molecule has 0 aromatic heterocycles. The molecule has 1 atom stereocenters. The fourth-order valence-electron chi connectivity index (χ4n) is 1.64. The van der Waals surface area contributed by atoms with Gasteiger partial charge in [0.25, 0.3) is 0 Å². The summed E-state index contributed by atoms with van der Waals surface area (Å²) >= 11 is 0. The van der Waals surface area contributed by atoms with Gasteiger partial charge >= 0.3 is 0 Å². The molecule has 0 aliphatic carbocycles. The molecule has 0 fully saturated rings. The minimum Gasteiger partial charge on any atom is -0.508 e. The van der Waals surface area contributed by atoms with Crippen LogP contribution >= 0.6 is 0 Å². The summed E-state index contributed by atoms with van der Waals surface area (Å²) in [7, 11) is 0. The first-order valence-corrected chi connectivity index (χ1v) is 5.82. The molecule has 3 nitrogen and oxygen atoms in total. The van der Waals surface area contributed by atoms with Gasteiger partial charge in [0.15, 0.2) is 0 Å². The van der Waals surface area contributed by atoms with Crippen LogP contribution in [0.15, 0.2) is 18.2 Å². The summed E-state index contributed by atoms with van der Waals surface area (Å²) in [5.74, 6) is 0.923. The Kier molecular flexibility index (Phi) is 4.77. The van der Waals surface area contributed by atoms with Gasteiger partial charge in [-0.05, 0) is 30.4 Å². The third-order valence-corrected chi connectivity index (χ3v) is 2.76. The number of benzene rings is 1. The molecule has 0 amide bonds. The SMILES string of the molecule is CC(C)CCc1ccc(O)c([C@@H](N)CN)c1. The van der Waals surface area contributed by atoms with E-state index in [1.807, 2.05) is 12.1 Å². The predicted molar refractivity (Wildman–Crippen MR) is 67.2 cm³/mol. The van der Waals surface area contributed by atoms with Crippen molar-refractivity contribution in [3.8, 4) is 5.75 Å². The first-order chi connectivity index (χ1) is 7.54. The van der Waals surface area contributed by atoms with E-state index in [-0.39, 0.29) is 11.8 Å². The third kappa shape index (κ3) is 3.51. The number of aryl methyl sites for hydroxylation is 1. The van der Waals surface area contributed by atoms with Crippen LogP contribution < -0.4 is 11.5 Å². The molecule has 0 bridgehead atoms.